The maximum absolute atomic E-state index is 13.4. The van der Waals surface area contributed by atoms with E-state index in [1.807, 2.05) is 47.0 Å². The predicted molar refractivity (Wildman–Crippen MR) is 128 cm³/mol. The smallest absolute Gasteiger partial charge is 0.272 e. The van der Waals surface area contributed by atoms with E-state index in [9.17, 15) is 9.59 Å². The van der Waals surface area contributed by atoms with Crippen molar-refractivity contribution in [3.63, 3.8) is 0 Å². The highest BCUT2D eigenvalue weighted by Crippen LogP contribution is 2.29. The molecule has 0 saturated carbocycles. The molecule has 1 aromatic carbocycles. The lowest BCUT2D eigenvalue weighted by Crippen LogP contribution is -2.53. The molecule has 8 nitrogen and oxygen atoms in total. The van der Waals surface area contributed by atoms with Crippen LogP contribution < -0.4 is 15.5 Å². The van der Waals surface area contributed by atoms with E-state index < -0.39 is 11.5 Å². The standard InChI is InChI=1S/C24H36N6O2/c1-24(2,3)20(23(32)25-4)27-22(31)19-18-15-29(7)12-9-13-30(18)21(26-19)16-10-8-11-17(14-16)28(5)6/h8,10-11,14,20H,9,12-13,15H2,1-7H3,(H,25,32)(H,27,31). The average Bonchev–Trinajstić information content (AvgIpc) is 2.97. The van der Waals surface area contributed by atoms with Crippen molar-refractivity contribution in [2.45, 2.75) is 46.3 Å². The molecule has 1 aliphatic heterocycles. The average molecular weight is 441 g/mol. The number of carbonyl (C=O) groups is 2. The highest BCUT2D eigenvalue weighted by atomic mass is 16.2. The molecular formula is C24H36N6O2. The number of likely N-dealkylation sites (N-methyl/N-ethyl adjacent to an activating group) is 1. The molecule has 0 spiro atoms. The number of aromatic nitrogens is 2. The molecule has 0 radical (unpaired) electrons. The van der Waals surface area contributed by atoms with Crippen molar-refractivity contribution < 1.29 is 9.59 Å². The van der Waals surface area contributed by atoms with Crippen LogP contribution in [0, 0.1) is 5.41 Å². The number of fused-ring (bicyclic) bond motifs is 1. The summed E-state index contributed by atoms with van der Waals surface area (Å²) in [5, 5.41) is 5.61. The maximum atomic E-state index is 13.4. The fourth-order valence-electron chi connectivity index (χ4n) is 4.07. The minimum atomic E-state index is -0.665. The van der Waals surface area contributed by atoms with Gasteiger partial charge in [-0.3, -0.25) is 9.59 Å². The van der Waals surface area contributed by atoms with Crippen LogP contribution >= 0.6 is 0 Å². The molecule has 2 N–H and O–H groups in total. The van der Waals surface area contributed by atoms with Gasteiger partial charge in [0.1, 0.15) is 11.9 Å². The molecule has 8 heteroatoms. The number of imidazole rings is 1. The number of benzene rings is 1. The Morgan fingerprint density at radius 1 is 1.19 bits per heavy atom. The molecule has 1 aromatic heterocycles. The third-order valence-corrected chi connectivity index (χ3v) is 5.90. The van der Waals surface area contributed by atoms with Crippen molar-refractivity contribution in [1.29, 1.82) is 0 Å². The highest BCUT2D eigenvalue weighted by Gasteiger charge is 2.34. The molecular weight excluding hydrogens is 404 g/mol. The van der Waals surface area contributed by atoms with E-state index in [-0.39, 0.29) is 11.8 Å². The van der Waals surface area contributed by atoms with Crippen LogP contribution in [-0.4, -0.2) is 67.0 Å². The Balaban J connectivity index is 2.07. The molecule has 0 bridgehead atoms. The van der Waals surface area contributed by atoms with Crippen LogP contribution in [-0.2, 0) is 17.9 Å². The summed E-state index contributed by atoms with van der Waals surface area (Å²) in [4.78, 5) is 35.0. The van der Waals surface area contributed by atoms with Gasteiger partial charge in [-0.25, -0.2) is 4.98 Å². The number of anilines is 1. The number of nitrogens with one attached hydrogen (secondary N) is 2. The summed E-state index contributed by atoms with van der Waals surface area (Å²) in [5.74, 6) is 0.256. The van der Waals surface area contributed by atoms with E-state index in [2.05, 4.69) is 44.2 Å². The van der Waals surface area contributed by atoms with Crippen molar-refractivity contribution >= 4 is 17.5 Å². The van der Waals surface area contributed by atoms with Crippen molar-refractivity contribution in [3.05, 3.63) is 35.7 Å². The Morgan fingerprint density at radius 3 is 2.53 bits per heavy atom. The zero-order valence-corrected chi connectivity index (χ0v) is 20.3. The Hall–Kier alpha value is -2.87. The second-order valence-corrected chi connectivity index (χ2v) is 9.81. The largest absolute Gasteiger partial charge is 0.378 e. The van der Waals surface area contributed by atoms with Crippen LogP contribution in [0.5, 0.6) is 0 Å². The Morgan fingerprint density at radius 2 is 1.91 bits per heavy atom. The van der Waals surface area contributed by atoms with Gasteiger partial charge >= 0.3 is 0 Å². The topological polar surface area (TPSA) is 82.5 Å². The molecule has 0 aliphatic carbocycles. The summed E-state index contributed by atoms with van der Waals surface area (Å²) >= 11 is 0. The molecule has 0 fully saturated rings. The van der Waals surface area contributed by atoms with Gasteiger partial charge in [0.05, 0.1) is 5.69 Å². The Bertz CT molecular complexity index is 989. The fourth-order valence-corrected chi connectivity index (χ4v) is 4.07. The van der Waals surface area contributed by atoms with E-state index >= 15 is 0 Å². The molecule has 174 valence electrons. The third-order valence-electron chi connectivity index (χ3n) is 5.90. The highest BCUT2D eigenvalue weighted by molar-refractivity contribution is 5.98. The van der Waals surface area contributed by atoms with E-state index in [1.165, 1.54) is 0 Å². The first-order valence-corrected chi connectivity index (χ1v) is 11.1. The summed E-state index contributed by atoms with van der Waals surface area (Å²) in [6.07, 6.45) is 0.976. The molecule has 2 amide bonds. The second-order valence-electron chi connectivity index (χ2n) is 9.81. The molecule has 32 heavy (non-hydrogen) atoms. The molecule has 1 unspecified atom stereocenters. The molecule has 2 heterocycles. The zero-order valence-electron chi connectivity index (χ0n) is 20.3. The van der Waals surface area contributed by atoms with Crippen LogP contribution in [0.3, 0.4) is 0 Å². The van der Waals surface area contributed by atoms with Crippen molar-refractivity contribution in [3.8, 4) is 11.4 Å². The van der Waals surface area contributed by atoms with Gasteiger partial charge < -0.3 is 25.0 Å². The van der Waals surface area contributed by atoms with Crippen molar-refractivity contribution in [2.24, 2.45) is 5.41 Å². The van der Waals surface area contributed by atoms with Crippen LogP contribution in [0.1, 0.15) is 43.4 Å². The minimum absolute atomic E-state index is 0.216. The lowest BCUT2D eigenvalue weighted by molar-refractivity contribution is -0.124. The summed E-state index contributed by atoms with van der Waals surface area (Å²) in [6.45, 7) is 8.18. The zero-order chi connectivity index (χ0) is 23.6. The van der Waals surface area contributed by atoms with Gasteiger partial charge in [0.15, 0.2) is 5.69 Å². The first kappa shape index (κ1) is 23.8. The summed E-state index contributed by atoms with van der Waals surface area (Å²) in [5.41, 5.74) is 2.88. The van der Waals surface area contributed by atoms with Gasteiger partial charge in [-0.1, -0.05) is 32.9 Å². The minimum Gasteiger partial charge on any atom is -0.378 e. The first-order valence-electron chi connectivity index (χ1n) is 11.1. The normalized spacial score (nSPS) is 15.5. The monoisotopic (exact) mass is 440 g/mol. The van der Waals surface area contributed by atoms with Crippen LogP contribution in [0.4, 0.5) is 5.69 Å². The lowest BCUT2D eigenvalue weighted by Gasteiger charge is -2.29. The Kier molecular flexibility index (Phi) is 6.93. The third kappa shape index (κ3) is 4.96. The molecule has 3 rings (SSSR count). The van der Waals surface area contributed by atoms with Crippen LogP contribution in [0.25, 0.3) is 11.4 Å². The fraction of sp³-hybridized carbons (Fsp3) is 0.542. The van der Waals surface area contributed by atoms with Crippen molar-refractivity contribution in [1.82, 2.24) is 25.1 Å². The van der Waals surface area contributed by atoms with E-state index in [1.54, 1.807) is 7.05 Å². The van der Waals surface area contributed by atoms with Gasteiger partial charge in [0.25, 0.3) is 5.91 Å². The molecule has 0 saturated heterocycles. The van der Waals surface area contributed by atoms with Gasteiger partial charge in [-0.05, 0) is 37.6 Å². The summed E-state index contributed by atoms with van der Waals surface area (Å²) in [6, 6.07) is 7.52. The quantitative estimate of drug-likeness (QED) is 0.746. The van der Waals surface area contributed by atoms with E-state index in [4.69, 9.17) is 4.98 Å². The SMILES string of the molecule is CNC(=O)C(NC(=O)c1nc(-c2cccc(N(C)C)c2)n2c1CN(C)CCC2)C(C)(C)C. The summed E-state index contributed by atoms with van der Waals surface area (Å²) < 4.78 is 2.17. The van der Waals surface area contributed by atoms with Gasteiger partial charge in [0.2, 0.25) is 5.91 Å². The second kappa shape index (κ2) is 9.32. The number of hydrogen-bond donors (Lipinski definition) is 2. The number of rotatable bonds is 5. The first-order chi connectivity index (χ1) is 15.0. The summed E-state index contributed by atoms with van der Waals surface area (Å²) in [7, 11) is 7.65. The number of nitrogens with zero attached hydrogens (tertiary/aromatic N) is 4. The van der Waals surface area contributed by atoms with Gasteiger partial charge in [-0.2, -0.15) is 0 Å². The Labute approximate surface area is 191 Å². The van der Waals surface area contributed by atoms with Crippen LogP contribution in [0.2, 0.25) is 0 Å². The number of hydrogen-bond acceptors (Lipinski definition) is 5. The number of carbonyl (C=O) groups excluding carboxylic acids is 2. The van der Waals surface area contributed by atoms with Gasteiger partial charge in [0, 0.05) is 45.5 Å². The number of amides is 2. The predicted octanol–water partition coefficient (Wildman–Crippen LogP) is 2.34. The van der Waals surface area contributed by atoms with Crippen molar-refractivity contribution in [2.75, 3.05) is 39.6 Å². The van der Waals surface area contributed by atoms with E-state index in [0.717, 1.165) is 42.3 Å². The van der Waals surface area contributed by atoms with Gasteiger partial charge in [-0.15, -0.1) is 0 Å². The molecule has 1 aliphatic rings. The van der Waals surface area contributed by atoms with E-state index in [0.29, 0.717) is 12.2 Å². The maximum Gasteiger partial charge on any atom is 0.272 e. The lowest BCUT2D eigenvalue weighted by atomic mass is 9.86. The van der Waals surface area contributed by atoms with Crippen LogP contribution in [0.15, 0.2) is 24.3 Å². The molecule has 2 aromatic rings. The molecule has 1 atom stereocenters.